The van der Waals surface area contributed by atoms with Crippen LogP contribution in [-0.4, -0.2) is 73.2 Å². The number of carboxylic acid groups (broad SMARTS) is 1. The van der Waals surface area contributed by atoms with E-state index in [-0.39, 0.29) is 6.04 Å². The second kappa shape index (κ2) is 8.27. The lowest BCUT2D eigenvalue weighted by Gasteiger charge is -2.19. The van der Waals surface area contributed by atoms with E-state index in [1.54, 1.807) is 40.6 Å². The standard InChI is InChI=1S/C9H20N2O2S2/c1-10(2)5-6-14-15-7-8(9(12)13)11(3)4/h8H,5-7H2,1-4H3,(H,12,13)/t8-/m0/s1. The molecule has 0 aromatic carbocycles. The second-order valence-electron chi connectivity index (χ2n) is 3.73. The SMILES string of the molecule is CN(C)CCSSC[C@@H](C(=O)O)N(C)C. The second-order valence-corrected chi connectivity index (χ2v) is 6.35. The van der Waals surface area contributed by atoms with Gasteiger partial charge in [0.2, 0.25) is 0 Å². The van der Waals surface area contributed by atoms with E-state index in [0.717, 1.165) is 12.3 Å². The van der Waals surface area contributed by atoms with Crippen LogP contribution in [0.5, 0.6) is 0 Å². The van der Waals surface area contributed by atoms with Crippen molar-refractivity contribution in [2.45, 2.75) is 6.04 Å². The molecule has 0 amide bonds. The Morgan fingerprint density at radius 2 is 1.87 bits per heavy atom. The van der Waals surface area contributed by atoms with Gasteiger partial charge in [0.25, 0.3) is 0 Å². The first-order valence-corrected chi connectivity index (χ1v) is 7.22. The molecule has 0 aromatic heterocycles. The minimum absolute atomic E-state index is 0.387. The van der Waals surface area contributed by atoms with Crippen LogP contribution >= 0.6 is 21.6 Å². The van der Waals surface area contributed by atoms with Crippen molar-refractivity contribution >= 4 is 27.6 Å². The van der Waals surface area contributed by atoms with Gasteiger partial charge in [-0.05, 0) is 28.2 Å². The van der Waals surface area contributed by atoms with Crippen molar-refractivity contribution in [3.8, 4) is 0 Å². The molecule has 6 heteroatoms. The quantitative estimate of drug-likeness (QED) is 0.512. The van der Waals surface area contributed by atoms with E-state index in [1.165, 1.54) is 0 Å². The summed E-state index contributed by atoms with van der Waals surface area (Å²) in [7, 11) is 11.0. The number of hydrogen-bond acceptors (Lipinski definition) is 5. The largest absolute Gasteiger partial charge is 0.480 e. The van der Waals surface area contributed by atoms with Gasteiger partial charge in [-0.25, -0.2) is 0 Å². The normalized spacial score (nSPS) is 13.5. The van der Waals surface area contributed by atoms with E-state index in [2.05, 4.69) is 4.90 Å². The Kier molecular flexibility index (Phi) is 8.32. The van der Waals surface area contributed by atoms with E-state index in [4.69, 9.17) is 5.11 Å². The fourth-order valence-electron chi connectivity index (χ4n) is 0.833. The van der Waals surface area contributed by atoms with E-state index >= 15 is 0 Å². The van der Waals surface area contributed by atoms with E-state index in [0.29, 0.717) is 5.75 Å². The zero-order chi connectivity index (χ0) is 11.8. The third-order valence-corrected chi connectivity index (χ3v) is 4.22. The molecule has 0 fully saturated rings. The molecule has 0 rings (SSSR count). The molecule has 1 atom stereocenters. The third-order valence-electron chi connectivity index (χ3n) is 1.84. The van der Waals surface area contributed by atoms with Crippen LogP contribution in [0.25, 0.3) is 0 Å². The van der Waals surface area contributed by atoms with Gasteiger partial charge < -0.3 is 10.0 Å². The number of likely N-dealkylation sites (N-methyl/N-ethyl adjacent to an activating group) is 1. The molecule has 15 heavy (non-hydrogen) atoms. The van der Waals surface area contributed by atoms with E-state index in [9.17, 15) is 4.79 Å². The summed E-state index contributed by atoms with van der Waals surface area (Å²) in [6.07, 6.45) is 0. The Morgan fingerprint density at radius 3 is 2.27 bits per heavy atom. The van der Waals surface area contributed by atoms with Gasteiger partial charge in [-0.1, -0.05) is 21.6 Å². The Morgan fingerprint density at radius 1 is 1.27 bits per heavy atom. The smallest absolute Gasteiger partial charge is 0.321 e. The minimum Gasteiger partial charge on any atom is -0.480 e. The summed E-state index contributed by atoms with van der Waals surface area (Å²) < 4.78 is 0. The highest BCUT2D eigenvalue weighted by atomic mass is 33.1. The van der Waals surface area contributed by atoms with Crippen LogP contribution in [0.4, 0.5) is 0 Å². The van der Waals surface area contributed by atoms with Crippen molar-refractivity contribution in [3.05, 3.63) is 0 Å². The lowest BCUT2D eigenvalue weighted by molar-refractivity contribution is -0.141. The Hall–Kier alpha value is 0.0900. The summed E-state index contributed by atoms with van der Waals surface area (Å²) >= 11 is 0. The Labute approximate surface area is 99.8 Å². The molecule has 0 bridgehead atoms. The number of hydrogen-bond donors (Lipinski definition) is 1. The van der Waals surface area contributed by atoms with Crippen molar-refractivity contribution in [1.82, 2.24) is 9.80 Å². The van der Waals surface area contributed by atoms with Crippen molar-refractivity contribution < 1.29 is 9.90 Å². The van der Waals surface area contributed by atoms with Gasteiger partial charge >= 0.3 is 5.97 Å². The van der Waals surface area contributed by atoms with Gasteiger partial charge in [-0.15, -0.1) is 0 Å². The highest BCUT2D eigenvalue weighted by molar-refractivity contribution is 8.76. The number of rotatable bonds is 8. The average Bonchev–Trinajstić information content (AvgIpc) is 2.08. The predicted molar refractivity (Wildman–Crippen MR) is 68.6 cm³/mol. The molecule has 0 aliphatic carbocycles. The van der Waals surface area contributed by atoms with Gasteiger partial charge in [0, 0.05) is 18.1 Å². The maximum atomic E-state index is 10.8. The van der Waals surface area contributed by atoms with Gasteiger partial charge in [-0.3, -0.25) is 9.69 Å². The van der Waals surface area contributed by atoms with Gasteiger partial charge in [-0.2, -0.15) is 0 Å². The molecule has 0 aromatic rings. The summed E-state index contributed by atoms with van der Waals surface area (Å²) in [5.74, 6) is 0.901. The molecular weight excluding hydrogens is 232 g/mol. The first kappa shape index (κ1) is 15.1. The molecule has 0 spiro atoms. The fraction of sp³-hybridized carbons (Fsp3) is 0.889. The van der Waals surface area contributed by atoms with Crippen LogP contribution in [0.3, 0.4) is 0 Å². The first-order chi connectivity index (χ1) is 6.95. The summed E-state index contributed by atoms with van der Waals surface area (Å²) in [5, 5.41) is 8.92. The van der Waals surface area contributed by atoms with Gasteiger partial charge in [0.1, 0.15) is 6.04 Å². The molecule has 0 aliphatic heterocycles. The van der Waals surface area contributed by atoms with Crippen molar-refractivity contribution in [3.63, 3.8) is 0 Å². The highest BCUT2D eigenvalue weighted by Gasteiger charge is 2.19. The maximum Gasteiger partial charge on any atom is 0.321 e. The molecule has 0 heterocycles. The van der Waals surface area contributed by atoms with E-state index in [1.807, 2.05) is 14.1 Å². The Bertz CT molecular complexity index is 189. The molecule has 0 radical (unpaired) electrons. The van der Waals surface area contributed by atoms with Crippen LogP contribution in [0.2, 0.25) is 0 Å². The number of carbonyl (C=O) groups is 1. The minimum atomic E-state index is -0.749. The van der Waals surface area contributed by atoms with Crippen molar-refractivity contribution in [1.29, 1.82) is 0 Å². The van der Waals surface area contributed by atoms with E-state index < -0.39 is 5.97 Å². The predicted octanol–water partition coefficient (Wildman–Crippen LogP) is 0.944. The van der Waals surface area contributed by atoms with Crippen LogP contribution in [0.15, 0.2) is 0 Å². The molecule has 0 aliphatic rings. The summed E-state index contributed by atoms with van der Waals surface area (Å²) in [5.41, 5.74) is 0. The third kappa shape index (κ3) is 7.96. The highest BCUT2D eigenvalue weighted by Crippen LogP contribution is 2.22. The maximum absolute atomic E-state index is 10.8. The van der Waals surface area contributed by atoms with Crippen molar-refractivity contribution in [2.24, 2.45) is 0 Å². The van der Waals surface area contributed by atoms with Crippen LogP contribution in [0, 0.1) is 0 Å². The topological polar surface area (TPSA) is 43.8 Å². The average molecular weight is 252 g/mol. The fourth-order valence-corrected chi connectivity index (χ4v) is 3.31. The summed E-state index contributed by atoms with van der Waals surface area (Å²) in [6.45, 7) is 1.03. The molecule has 0 saturated heterocycles. The number of nitrogens with zero attached hydrogens (tertiary/aromatic N) is 2. The molecule has 0 saturated carbocycles. The molecule has 1 N–H and O–H groups in total. The molecular formula is C9H20N2O2S2. The van der Waals surface area contributed by atoms with Crippen LogP contribution in [-0.2, 0) is 4.79 Å². The summed E-state index contributed by atoms with van der Waals surface area (Å²) in [6, 6.07) is -0.387. The lowest BCUT2D eigenvalue weighted by Crippen LogP contribution is -2.37. The van der Waals surface area contributed by atoms with Gasteiger partial charge in [0.05, 0.1) is 0 Å². The zero-order valence-electron chi connectivity index (χ0n) is 9.77. The Balaban J connectivity index is 3.59. The number of carboxylic acids is 1. The lowest BCUT2D eigenvalue weighted by atomic mass is 10.3. The first-order valence-electron chi connectivity index (χ1n) is 4.73. The van der Waals surface area contributed by atoms with Crippen LogP contribution in [0.1, 0.15) is 0 Å². The molecule has 0 unspecified atom stereocenters. The number of aliphatic carboxylic acids is 1. The monoisotopic (exact) mass is 252 g/mol. The van der Waals surface area contributed by atoms with Crippen molar-refractivity contribution in [2.75, 3.05) is 46.2 Å². The van der Waals surface area contributed by atoms with Gasteiger partial charge in [0.15, 0.2) is 0 Å². The molecule has 90 valence electrons. The molecule has 4 nitrogen and oxygen atoms in total. The van der Waals surface area contributed by atoms with Crippen LogP contribution < -0.4 is 0 Å². The zero-order valence-corrected chi connectivity index (χ0v) is 11.4. The summed E-state index contributed by atoms with van der Waals surface area (Å²) in [4.78, 5) is 14.7.